The first-order valence-electron chi connectivity index (χ1n) is 10.0. The van der Waals surface area contributed by atoms with E-state index in [-0.39, 0.29) is 24.3 Å². The van der Waals surface area contributed by atoms with Crippen molar-refractivity contribution in [1.82, 2.24) is 0 Å². The van der Waals surface area contributed by atoms with Gasteiger partial charge in [0.15, 0.2) is 0 Å². The molecular formula is C22H26N4O6. The van der Waals surface area contributed by atoms with E-state index in [4.69, 9.17) is 20.9 Å². The van der Waals surface area contributed by atoms with Crippen molar-refractivity contribution in [2.45, 2.75) is 25.7 Å². The summed E-state index contributed by atoms with van der Waals surface area (Å²) >= 11 is 0. The van der Waals surface area contributed by atoms with Crippen molar-refractivity contribution in [2.75, 3.05) is 23.8 Å². The molecule has 10 nitrogen and oxygen atoms in total. The summed E-state index contributed by atoms with van der Waals surface area (Å²) in [5.74, 6) is -1.17. The molecule has 2 rings (SSSR count). The average Bonchev–Trinajstić information content (AvgIpc) is 2.75. The lowest BCUT2D eigenvalue weighted by Crippen LogP contribution is -2.16. The second-order valence-electron chi connectivity index (χ2n) is 6.83. The van der Waals surface area contributed by atoms with Gasteiger partial charge in [0.2, 0.25) is 11.8 Å². The molecule has 0 heterocycles. The van der Waals surface area contributed by atoms with Gasteiger partial charge in [-0.25, -0.2) is 9.59 Å². The van der Waals surface area contributed by atoms with Gasteiger partial charge in [0.25, 0.3) is 0 Å². The maximum atomic E-state index is 11.8. The number of unbranched alkanes of at least 4 members (excludes halogenated alkanes) is 3. The minimum absolute atomic E-state index is 0.235. The second kappa shape index (κ2) is 12.6. The first kappa shape index (κ1) is 24.2. The van der Waals surface area contributed by atoms with Gasteiger partial charge >= 0.3 is 12.2 Å². The van der Waals surface area contributed by atoms with Crippen LogP contribution in [0, 0.1) is 0 Å². The quantitative estimate of drug-likeness (QED) is 0.390. The molecule has 2 aromatic rings. The number of carbonyl (C=O) groups excluding carboxylic acids is 4. The van der Waals surface area contributed by atoms with Crippen molar-refractivity contribution in [3.63, 3.8) is 0 Å². The third-order valence-electron chi connectivity index (χ3n) is 4.29. The molecule has 0 fully saturated rings. The van der Waals surface area contributed by atoms with Gasteiger partial charge in [0, 0.05) is 22.5 Å². The molecule has 0 atom stereocenters. The highest BCUT2D eigenvalue weighted by Gasteiger charge is 2.07. The molecule has 0 unspecified atom stereocenters. The normalized spacial score (nSPS) is 10.1. The number of amides is 4. The number of nitrogens with two attached hydrogens (primary N) is 2. The van der Waals surface area contributed by atoms with E-state index >= 15 is 0 Å². The molecule has 0 spiro atoms. The molecule has 0 aromatic heterocycles. The zero-order valence-electron chi connectivity index (χ0n) is 17.5. The Hall–Kier alpha value is -4.08. The number of rotatable bonds is 11. The highest BCUT2D eigenvalue weighted by atomic mass is 16.6. The number of hydrogen-bond acceptors (Lipinski definition) is 6. The number of anilines is 2. The summed E-state index contributed by atoms with van der Waals surface area (Å²) in [5, 5.41) is 5.06. The van der Waals surface area contributed by atoms with Gasteiger partial charge < -0.3 is 20.9 Å². The second-order valence-corrected chi connectivity index (χ2v) is 6.83. The van der Waals surface area contributed by atoms with Gasteiger partial charge in [-0.2, -0.15) is 0 Å². The number of primary amides is 2. The van der Waals surface area contributed by atoms with Crippen LogP contribution in [0.5, 0.6) is 0 Å². The predicted molar refractivity (Wildman–Crippen MR) is 118 cm³/mol. The van der Waals surface area contributed by atoms with Crippen molar-refractivity contribution >= 4 is 35.4 Å². The fourth-order valence-electron chi connectivity index (χ4n) is 2.70. The van der Waals surface area contributed by atoms with Crippen molar-refractivity contribution in [1.29, 1.82) is 0 Å². The highest BCUT2D eigenvalue weighted by molar-refractivity contribution is 5.95. The van der Waals surface area contributed by atoms with Crippen LogP contribution in [-0.4, -0.2) is 37.2 Å². The molecule has 0 aliphatic carbocycles. The third kappa shape index (κ3) is 8.74. The summed E-state index contributed by atoms with van der Waals surface area (Å²) in [5.41, 5.74) is 11.8. The minimum Gasteiger partial charge on any atom is -0.449 e. The molecule has 10 heteroatoms. The zero-order chi connectivity index (χ0) is 23.3. The van der Waals surface area contributed by atoms with Crippen LogP contribution in [0.3, 0.4) is 0 Å². The van der Waals surface area contributed by atoms with E-state index in [1.54, 1.807) is 36.4 Å². The Morgan fingerprint density at radius 3 is 1.44 bits per heavy atom. The first-order chi connectivity index (χ1) is 15.3. The smallest absolute Gasteiger partial charge is 0.411 e. The third-order valence-corrected chi connectivity index (χ3v) is 4.29. The Balaban J connectivity index is 1.53. The van der Waals surface area contributed by atoms with Crippen LogP contribution in [0.1, 0.15) is 46.4 Å². The Morgan fingerprint density at radius 1 is 0.656 bits per heavy atom. The van der Waals surface area contributed by atoms with Gasteiger partial charge in [-0.15, -0.1) is 0 Å². The topological polar surface area (TPSA) is 163 Å². The number of carbonyl (C=O) groups is 4. The largest absolute Gasteiger partial charge is 0.449 e. The Labute approximate surface area is 185 Å². The van der Waals surface area contributed by atoms with Crippen LogP contribution in [0.15, 0.2) is 48.5 Å². The summed E-state index contributed by atoms with van der Waals surface area (Å²) < 4.78 is 10.2. The van der Waals surface area contributed by atoms with Crippen LogP contribution >= 0.6 is 0 Å². The van der Waals surface area contributed by atoms with Gasteiger partial charge in [0.05, 0.1) is 13.2 Å². The number of hydrogen-bond donors (Lipinski definition) is 4. The fraction of sp³-hybridized carbons (Fsp3) is 0.273. The number of nitrogens with one attached hydrogen (secondary N) is 2. The van der Waals surface area contributed by atoms with Gasteiger partial charge in [-0.3, -0.25) is 20.2 Å². The van der Waals surface area contributed by atoms with Crippen LogP contribution in [0.4, 0.5) is 21.0 Å². The first-order valence-corrected chi connectivity index (χ1v) is 10.0. The van der Waals surface area contributed by atoms with Crippen molar-refractivity contribution in [3.05, 3.63) is 59.7 Å². The van der Waals surface area contributed by atoms with E-state index in [9.17, 15) is 19.2 Å². The summed E-state index contributed by atoms with van der Waals surface area (Å²) in [6, 6.07) is 12.5. The van der Waals surface area contributed by atoms with Gasteiger partial charge in [-0.05, 0) is 62.1 Å². The molecule has 0 bridgehead atoms. The van der Waals surface area contributed by atoms with Crippen LogP contribution in [0.25, 0.3) is 0 Å². The van der Waals surface area contributed by atoms with Crippen LogP contribution in [-0.2, 0) is 9.47 Å². The summed E-state index contributed by atoms with van der Waals surface area (Å²) in [4.78, 5) is 45.8. The summed E-state index contributed by atoms with van der Waals surface area (Å²) in [7, 11) is 0. The molecule has 0 saturated heterocycles. The van der Waals surface area contributed by atoms with Crippen molar-refractivity contribution < 1.29 is 28.7 Å². The fourth-order valence-corrected chi connectivity index (χ4v) is 2.70. The lowest BCUT2D eigenvalue weighted by molar-refractivity contribution is 0.0992. The van der Waals surface area contributed by atoms with Crippen molar-refractivity contribution in [2.24, 2.45) is 11.5 Å². The Morgan fingerprint density at radius 2 is 1.06 bits per heavy atom. The summed E-state index contributed by atoms with van der Waals surface area (Å²) in [6.07, 6.45) is 1.65. The SMILES string of the molecule is NC(=O)c1cccc(NC(=O)OCCCCCCOC(=O)Nc2cccc(C(N)=O)c2)c1. The van der Waals surface area contributed by atoms with Gasteiger partial charge in [-0.1, -0.05) is 12.1 Å². The molecule has 6 N–H and O–H groups in total. The van der Waals surface area contributed by atoms with E-state index in [2.05, 4.69) is 10.6 Å². The number of benzene rings is 2. The molecule has 0 aliphatic heterocycles. The van der Waals surface area contributed by atoms with E-state index in [0.29, 0.717) is 24.2 Å². The van der Waals surface area contributed by atoms with E-state index in [1.165, 1.54) is 12.1 Å². The molecule has 32 heavy (non-hydrogen) atoms. The molecular weight excluding hydrogens is 416 g/mol. The van der Waals surface area contributed by atoms with E-state index in [1.807, 2.05) is 0 Å². The highest BCUT2D eigenvalue weighted by Crippen LogP contribution is 2.12. The Bertz CT molecular complexity index is 885. The predicted octanol–water partition coefficient (Wildman–Crippen LogP) is 3.24. The summed E-state index contributed by atoms with van der Waals surface area (Å²) in [6.45, 7) is 0.470. The molecule has 0 aliphatic rings. The molecule has 170 valence electrons. The van der Waals surface area contributed by atoms with E-state index in [0.717, 1.165) is 12.8 Å². The lowest BCUT2D eigenvalue weighted by Gasteiger charge is -2.09. The van der Waals surface area contributed by atoms with E-state index < -0.39 is 24.0 Å². The maximum absolute atomic E-state index is 11.8. The van der Waals surface area contributed by atoms with Crippen molar-refractivity contribution in [3.8, 4) is 0 Å². The molecule has 2 aromatic carbocycles. The Kier molecular flexibility index (Phi) is 9.51. The van der Waals surface area contributed by atoms with Crippen LogP contribution < -0.4 is 22.1 Å². The maximum Gasteiger partial charge on any atom is 0.411 e. The minimum atomic E-state index is -0.618. The average molecular weight is 442 g/mol. The lowest BCUT2D eigenvalue weighted by atomic mass is 10.2. The molecule has 0 radical (unpaired) electrons. The standard InChI is InChI=1S/C22H26N4O6/c23-19(27)15-7-5-9-17(13-15)25-21(29)31-11-3-1-2-4-12-32-22(30)26-18-10-6-8-16(14-18)20(24)28/h5-10,13-14H,1-4,11-12H2,(H2,23,27)(H2,24,28)(H,25,29)(H,26,30). The molecule has 4 amide bonds. The number of ether oxygens (including phenoxy) is 2. The van der Waals surface area contributed by atoms with Gasteiger partial charge in [0.1, 0.15) is 0 Å². The zero-order valence-corrected chi connectivity index (χ0v) is 17.5. The van der Waals surface area contributed by atoms with Crippen LogP contribution in [0.2, 0.25) is 0 Å². The molecule has 0 saturated carbocycles. The monoisotopic (exact) mass is 442 g/mol.